The standard InChI is InChI=1S/C24H23F3N2O3S/c1-2-32-23(31)18(12-16-6-4-3-5-7-16)14-28-21(30)13-20-15-33-22(29-20)17-8-10-19(11-9-17)24(25,26)27/h3-11,15,18H,2,12-14H2,1H3,(H,28,30). The van der Waals surface area contributed by atoms with Gasteiger partial charge in [-0.15, -0.1) is 11.3 Å². The van der Waals surface area contributed by atoms with Gasteiger partial charge in [-0.1, -0.05) is 42.5 Å². The quantitative estimate of drug-likeness (QED) is 0.446. The molecule has 1 unspecified atom stereocenters. The van der Waals surface area contributed by atoms with Gasteiger partial charge in [-0.05, 0) is 31.0 Å². The van der Waals surface area contributed by atoms with Gasteiger partial charge in [-0.25, -0.2) is 4.98 Å². The monoisotopic (exact) mass is 476 g/mol. The second-order valence-electron chi connectivity index (χ2n) is 7.34. The van der Waals surface area contributed by atoms with Crippen molar-refractivity contribution in [1.29, 1.82) is 0 Å². The average molecular weight is 477 g/mol. The Morgan fingerprint density at radius 2 is 1.79 bits per heavy atom. The molecule has 0 aliphatic rings. The van der Waals surface area contributed by atoms with Crippen LogP contribution in [-0.2, 0) is 33.3 Å². The van der Waals surface area contributed by atoms with Crippen LogP contribution in [0.15, 0.2) is 60.0 Å². The molecule has 3 aromatic rings. The van der Waals surface area contributed by atoms with E-state index in [2.05, 4.69) is 10.3 Å². The van der Waals surface area contributed by atoms with Crippen molar-refractivity contribution in [3.63, 3.8) is 0 Å². The molecule has 0 spiro atoms. The molecule has 1 N–H and O–H groups in total. The Kier molecular flexibility index (Phi) is 8.21. The summed E-state index contributed by atoms with van der Waals surface area (Å²) < 4.78 is 43.3. The molecule has 33 heavy (non-hydrogen) atoms. The molecule has 0 aliphatic carbocycles. The van der Waals surface area contributed by atoms with Gasteiger partial charge in [0.2, 0.25) is 5.91 Å². The minimum Gasteiger partial charge on any atom is -0.466 e. The highest BCUT2D eigenvalue weighted by molar-refractivity contribution is 7.13. The maximum Gasteiger partial charge on any atom is 0.416 e. The molecular weight excluding hydrogens is 453 g/mol. The minimum atomic E-state index is -4.40. The molecule has 2 aromatic carbocycles. The largest absolute Gasteiger partial charge is 0.466 e. The first-order chi connectivity index (χ1) is 15.8. The molecule has 1 amide bonds. The number of benzene rings is 2. The van der Waals surface area contributed by atoms with Crippen LogP contribution >= 0.6 is 11.3 Å². The summed E-state index contributed by atoms with van der Waals surface area (Å²) >= 11 is 1.25. The van der Waals surface area contributed by atoms with Crippen LogP contribution in [0.25, 0.3) is 10.6 Å². The molecule has 0 fully saturated rings. The Morgan fingerprint density at radius 3 is 2.42 bits per heavy atom. The lowest BCUT2D eigenvalue weighted by atomic mass is 9.99. The number of alkyl halides is 3. The van der Waals surface area contributed by atoms with Crippen LogP contribution in [-0.4, -0.2) is 30.0 Å². The van der Waals surface area contributed by atoms with E-state index in [1.165, 1.54) is 23.5 Å². The van der Waals surface area contributed by atoms with Gasteiger partial charge in [-0.2, -0.15) is 13.2 Å². The number of halogens is 3. The topological polar surface area (TPSA) is 68.3 Å². The summed E-state index contributed by atoms with van der Waals surface area (Å²) in [6.45, 7) is 2.11. The summed E-state index contributed by atoms with van der Waals surface area (Å²) in [4.78, 5) is 29.1. The average Bonchev–Trinajstić information content (AvgIpc) is 3.25. The van der Waals surface area contributed by atoms with Crippen LogP contribution in [0.2, 0.25) is 0 Å². The number of hydrogen-bond donors (Lipinski definition) is 1. The summed E-state index contributed by atoms with van der Waals surface area (Å²) in [6.07, 6.45) is -3.96. The maximum absolute atomic E-state index is 12.7. The smallest absolute Gasteiger partial charge is 0.416 e. The number of aromatic nitrogens is 1. The molecule has 9 heteroatoms. The molecule has 1 heterocycles. The molecule has 0 radical (unpaired) electrons. The van der Waals surface area contributed by atoms with Gasteiger partial charge in [0.1, 0.15) is 5.01 Å². The highest BCUT2D eigenvalue weighted by Gasteiger charge is 2.30. The number of nitrogens with one attached hydrogen (secondary N) is 1. The lowest BCUT2D eigenvalue weighted by Gasteiger charge is -2.16. The number of nitrogens with zero attached hydrogens (tertiary/aromatic N) is 1. The minimum absolute atomic E-state index is 0.00197. The predicted molar refractivity (Wildman–Crippen MR) is 120 cm³/mol. The number of thiazole rings is 1. The third-order valence-corrected chi connectivity index (χ3v) is 5.78. The molecule has 5 nitrogen and oxygen atoms in total. The van der Waals surface area contributed by atoms with E-state index < -0.39 is 17.7 Å². The van der Waals surface area contributed by atoms with Gasteiger partial charge in [0.05, 0.1) is 30.2 Å². The Hall–Kier alpha value is -3.20. The van der Waals surface area contributed by atoms with E-state index >= 15 is 0 Å². The molecule has 1 aromatic heterocycles. The molecular formula is C24H23F3N2O3S. The first-order valence-electron chi connectivity index (χ1n) is 10.4. The molecule has 174 valence electrons. The van der Waals surface area contributed by atoms with Gasteiger partial charge >= 0.3 is 12.1 Å². The normalized spacial score (nSPS) is 12.2. The summed E-state index contributed by atoms with van der Waals surface area (Å²) in [7, 11) is 0. The number of amides is 1. The summed E-state index contributed by atoms with van der Waals surface area (Å²) in [5.74, 6) is -1.20. The van der Waals surface area contributed by atoms with Crippen molar-refractivity contribution in [3.05, 3.63) is 76.8 Å². The zero-order chi connectivity index (χ0) is 23.8. The lowest BCUT2D eigenvalue weighted by molar-refractivity contribution is -0.148. The van der Waals surface area contributed by atoms with Gasteiger partial charge in [0.25, 0.3) is 0 Å². The van der Waals surface area contributed by atoms with Gasteiger partial charge in [0.15, 0.2) is 0 Å². The van der Waals surface area contributed by atoms with Crippen LogP contribution in [0.4, 0.5) is 13.2 Å². The van der Waals surface area contributed by atoms with Gasteiger partial charge < -0.3 is 10.1 Å². The molecule has 3 rings (SSSR count). The Balaban J connectivity index is 1.58. The van der Waals surface area contributed by atoms with E-state index in [9.17, 15) is 22.8 Å². The Bertz CT molecular complexity index is 1070. The van der Waals surface area contributed by atoms with Crippen molar-refractivity contribution < 1.29 is 27.5 Å². The second kappa shape index (κ2) is 11.1. The van der Waals surface area contributed by atoms with Gasteiger partial charge in [0, 0.05) is 17.5 Å². The van der Waals surface area contributed by atoms with E-state index in [1.807, 2.05) is 30.3 Å². The number of ether oxygens (including phenoxy) is 1. The van der Waals surface area contributed by atoms with E-state index in [4.69, 9.17) is 4.74 Å². The number of esters is 1. The number of hydrogen-bond acceptors (Lipinski definition) is 5. The SMILES string of the molecule is CCOC(=O)C(CNC(=O)Cc1csc(-c2ccc(C(F)(F)F)cc2)n1)Cc1ccccc1. The maximum atomic E-state index is 12.7. The van der Waals surface area contributed by atoms with E-state index in [-0.39, 0.29) is 31.4 Å². The summed E-state index contributed by atoms with van der Waals surface area (Å²) in [5, 5.41) is 4.99. The van der Waals surface area contributed by atoms with Crippen molar-refractivity contribution in [3.8, 4) is 10.6 Å². The molecule has 0 saturated carbocycles. The van der Waals surface area contributed by atoms with Crippen LogP contribution in [0, 0.1) is 5.92 Å². The summed E-state index contributed by atoms with van der Waals surface area (Å²) in [6, 6.07) is 14.2. The fourth-order valence-electron chi connectivity index (χ4n) is 3.18. The van der Waals surface area contributed by atoms with Crippen molar-refractivity contribution in [1.82, 2.24) is 10.3 Å². The van der Waals surface area contributed by atoms with Gasteiger partial charge in [-0.3, -0.25) is 9.59 Å². The highest BCUT2D eigenvalue weighted by Crippen LogP contribution is 2.31. The van der Waals surface area contributed by atoms with Crippen LogP contribution < -0.4 is 5.32 Å². The zero-order valence-corrected chi connectivity index (χ0v) is 18.7. The van der Waals surface area contributed by atoms with Crippen LogP contribution in [0.3, 0.4) is 0 Å². The zero-order valence-electron chi connectivity index (χ0n) is 17.9. The Labute approximate surface area is 193 Å². The fourth-order valence-corrected chi connectivity index (χ4v) is 4.01. The third-order valence-electron chi connectivity index (χ3n) is 4.84. The number of carbonyl (C=O) groups is 2. The predicted octanol–water partition coefficient (Wildman–Crippen LogP) is 4.91. The summed E-state index contributed by atoms with van der Waals surface area (Å²) in [5.41, 5.74) is 1.28. The van der Waals surface area contributed by atoms with Crippen LogP contribution in [0.1, 0.15) is 23.7 Å². The van der Waals surface area contributed by atoms with Crippen molar-refractivity contribution in [2.24, 2.45) is 5.92 Å². The van der Waals surface area contributed by atoms with Crippen LogP contribution in [0.5, 0.6) is 0 Å². The first-order valence-corrected chi connectivity index (χ1v) is 11.2. The van der Waals surface area contributed by atoms with Crippen molar-refractivity contribution in [2.45, 2.75) is 25.9 Å². The van der Waals surface area contributed by atoms with Crippen molar-refractivity contribution in [2.75, 3.05) is 13.2 Å². The first kappa shape index (κ1) is 24.4. The molecule has 0 saturated heterocycles. The second-order valence-corrected chi connectivity index (χ2v) is 8.20. The fraction of sp³-hybridized carbons (Fsp3) is 0.292. The van der Waals surface area contributed by atoms with E-state index in [1.54, 1.807) is 12.3 Å². The molecule has 1 atom stereocenters. The van der Waals surface area contributed by atoms with Crippen molar-refractivity contribution >= 4 is 23.2 Å². The van der Waals surface area contributed by atoms with E-state index in [0.29, 0.717) is 22.7 Å². The Morgan fingerprint density at radius 1 is 1.09 bits per heavy atom. The number of carbonyl (C=O) groups excluding carboxylic acids is 2. The number of rotatable bonds is 9. The lowest BCUT2D eigenvalue weighted by Crippen LogP contribution is -2.35. The molecule has 0 aliphatic heterocycles. The third kappa shape index (κ3) is 7.15. The van der Waals surface area contributed by atoms with E-state index in [0.717, 1.165) is 17.7 Å². The molecule has 0 bridgehead atoms. The highest BCUT2D eigenvalue weighted by atomic mass is 32.1.